The Labute approximate surface area is 118 Å². The maximum atomic E-state index is 11.7. The van der Waals surface area contributed by atoms with Crippen LogP contribution in [0.4, 0.5) is 10.6 Å². The van der Waals surface area contributed by atoms with Crippen LogP contribution in [0.15, 0.2) is 6.07 Å². The van der Waals surface area contributed by atoms with E-state index in [0.717, 1.165) is 25.1 Å². The van der Waals surface area contributed by atoms with Crippen LogP contribution in [-0.4, -0.2) is 35.6 Å². The van der Waals surface area contributed by atoms with Crippen molar-refractivity contribution >= 4 is 11.8 Å². The molecule has 2 N–H and O–H groups in total. The molecule has 2 heterocycles. The first-order valence-electron chi connectivity index (χ1n) is 6.77. The predicted molar refractivity (Wildman–Crippen MR) is 76.5 cm³/mol. The molecule has 6 nitrogen and oxygen atoms in total. The van der Waals surface area contributed by atoms with Gasteiger partial charge >= 0.3 is 6.03 Å². The Morgan fingerprint density at radius 2 is 2.50 bits per heavy atom. The van der Waals surface area contributed by atoms with Gasteiger partial charge in [-0.1, -0.05) is 5.92 Å². The number of nitrogens with zero attached hydrogens (tertiary/aromatic N) is 2. The van der Waals surface area contributed by atoms with Gasteiger partial charge in [0.15, 0.2) is 0 Å². The number of anilines is 1. The summed E-state index contributed by atoms with van der Waals surface area (Å²) in [6, 6.07) is 1.63. The largest absolute Gasteiger partial charge is 0.381 e. The maximum absolute atomic E-state index is 11.7. The van der Waals surface area contributed by atoms with E-state index in [1.54, 1.807) is 11.6 Å². The third kappa shape index (κ3) is 3.75. The average molecular weight is 276 g/mol. The molecule has 2 rings (SSSR count). The molecule has 0 aromatic carbocycles. The van der Waals surface area contributed by atoms with E-state index in [0.29, 0.717) is 24.9 Å². The molecular weight excluding hydrogens is 256 g/mol. The molecule has 0 radical (unpaired) electrons. The molecule has 2 amide bonds. The fraction of sp³-hybridized carbons (Fsp3) is 0.571. The highest BCUT2D eigenvalue weighted by Gasteiger charge is 2.20. The van der Waals surface area contributed by atoms with Gasteiger partial charge in [-0.2, -0.15) is 5.10 Å². The van der Waals surface area contributed by atoms with E-state index in [1.807, 2.05) is 13.1 Å². The summed E-state index contributed by atoms with van der Waals surface area (Å²) < 4.78 is 7.14. The number of aromatic nitrogens is 2. The van der Waals surface area contributed by atoms with Crippen molar-refractivity contribution in [2.75, 3.05) is 25.1 Å². The Hall–Kier alpha value is -2.00. The lowest BCUT2D eigenvalue weighted by atomic mass is 9.99. The molecule has 1 aliphatic heterocycles. The number of aryl methyl sites for hydroxylation is 1. The highest BCUT2D eigenvalue weighted by Crippen LogP contribution is 2.26. The zero-order valence-corrected chi connectivity index (χ0v) is 11.9. The number of urea groups is 1. The minimum atomic E-state index is -0.276. The molecule has 6 heteroatoms. The Morgan fingerprint density at radius 1 is 1.65 bits per heavy atom. The maximum Gasteiger partial charge on any atom is 0.321 e. The van der Waals surface area contributed by atoms with Crippen molar-refractivity contribution in [3.63, 3.8) is 0 Å². The minimum absolute atomic E-state index is 0.276. The molecular formula is C14H20N4O2. The monoisotopic (exact) mass is 276 g/mol. The Bertz CT molecular complexity index is 521. The van der Waals surface area contributed by atoms with Crippen molar-refractivity contribution in [3.8, 4) is 11.8 Å². The van der Waals surface area contributed by atoms with Gasteiger partial charge in [0.25, 0.3) is 0 Å². The summed E-state index contributed by atoms with van der Waals surface area (Å²) in [5, 5.41) is 9.88. The van der Waals surface area contributed by atoms with Crippen molar-refractivity contribution in [2.45, 2.75) is 25.7 Å². The van der Waals surface area contributed by atoms with Gasteiger partial charge in [-0.05, 0) is 19.8 Å². The number of carbonyl (C=O) groups is 1. The van der Waals surface area contributed by atoms with Crippen LogP contribution >= 0.6 is 0 Å². The standard InChI is InChI=1S/C14H20N4O2/c1-3-4-7-15-14(19)16-13-9-12(17-18(13)2)11-6-5-8-20-10-11/h9,11H,5-8,10H2,1-2H3,(H2,15,16,19). The molecule has 1 unspecified atom stereocenters. The molecule has 1 saturated heterocycles. The topological polar surface area (TPSA) is 68.2 Å². The highest BCUT2D eigenvalue weighted by molar-refractivity contribution is 5.88. The van der Waals surface area contributed by atoms with Gasteiger partial charge in [0.2, 0.25) is 0 Å². The molecule has 20 heavy (non-hydrogen) atoms. The zero-order valence-electron chi connectivity index (χ0n) is 11.9. The fourth-order valence-corrected chi connectivity index (χ4v) is 2.15. The highest BCUT2D eigenvalue weighted by atomic mass is 16.5. The quantitative estimate of drug-likeness (QED) is 0.821. The van der Waals surface area contributed by atoms with E-state index in [2.05, 4.69) is 27.6 Å². The van der Waals surface area contributed by atoms with Gasteiger partial charge in [0.1, 0.15) is 5.82 Å². The number of carbonyl (C=O) groups excluding carboxylic acids is 1. The van der Waals surface area contributed by atoms with Gasteiger partial charge in [0, 0.05) is 25.6 Å². The van der Waals surface area contributed by atoms with E-state index >= 15 is 0 Å². The molecule has 1 aliphatic rings. The lowest BCUT2D eigenvalue weighted by Gasteiger charge is -2.19. The van der Waals surface area contributed by atoms with E-state index in [9.17, 15) is 4.79 Å². The van der Waals surface area contributed by atoms with Crippen LogP contribution in [0.1, 0.15) is 31.4 Å². The number of hydrogen-bond acceptors (Lipinski definition) is 3. The molecule has 108 valence electrons. The van der Waals surface area contributed by atoms with Crippen molar-refractivity contribution in [2.24, 2.45) is 7.05 Å². The molecule has 1 atom stereocenters. The van der Waals surface area contributed by atoms with E-state index in [4.69, 9.17) is 4.74 Å². The molecule has 0 spiro atoms. The third-order valence-electron chi connectivity index (χ3n) is 3.23. The van der Waals surface area contributed by atoms with Crippen molar-refractivity contribution in [1.82, 2.24) is 15.1 Å². The van der Waals surface area contributed by atoms with Crippen LogP contribution in [0, 0.1) is 11.8 Å². The first-order chi connectivity index (χ1) is 9.70. The summed E-state index contributed by atoms with van der Waals surface area (Å²) >= 11 is 0. The van der Waals surface area contributed by atoms with Crippen molar-refractivity contribution in [3.05, 3.63) is 11.8 Å². The first-order valence-corrected chi connectivity index (χ1v) is 6.77. The van der Waals surface area contributed by atoms with E-state index < -0.39 is 0 Å². The van der Waals surface area contributed by atoms with Gasteiger partial charge in [-0.15, -0.1) is 5.92 Å². The first kappa shape index (κ1) is 14.4. The second-order valence-corrected chi connectivity index (χ2v) is 4.73. The van der Waals surface area contributed by atoms with E-state index in [1.165, 1.54) is 0 Å². The van der Waals surface area contributed by atoms with Crippen LogP contribution in [0.5, 0.6) is 0 Å². The molecule has 0 saturated carbocycles. The molecule has 1 fully saturated rings. The van der Waals surface area contributed by atoms with Gasteiger partial charge in [-0.3, -0.25) is 10.00 Å². The lowest BCUT2D eigenvalue weighted by Crippen LogP contribution is -2.29. The molecule has 1 aromatic heterocycles. The third-order valence-corrected chi connectivity index (χ3v) is 3.23. The van der Waals surface area contributed by atoms with Crippen LogP contribution < -0.4 is 10.6 Å². The van der Waals surface area contributed by atoms with Gasteiger partial charge < -0.3 is 10.1 Å². The van der Waals surface area contributed by atoms with Crippen LogP contribution in [0.25, 0.3) is 0 Å². The summed E-state index contributed by atoms with van der Waals surface area (Å²) in [4.78, 5) is 11.7. The minimum Gasteiger partial charge on any atom is -0.381 e. The summed E-state index contributed by atoms with van der Waals surface area (Å²) in [5.74, 6) is 6.49. The molecule has 1 aromatic rings. The SMILES string of the molecule is CC#CCNC(=O)Nc1cc(C2CCCOC2)nn1C. The summed E-state index contributed by atoms with van der Waals surface area (Å²) in [6.45, 7) is 3.60. The number of nitrogens with one attached hydrogen (secondary N) is 2. The lowest BCUT2D eigenvalue weighted by molar-refractivity contribution is 0.0791. The second kappa shape index (κ2) is 6.96. The molecule has 0 bridgehead atoms. The van der Waals surface area contributed by atoms with Crippen LogP contribution in [0.3, 0.4) is 0 Å². The van der Waals surface area contributed by atoms with Crippen molar-refractivity contribution < 1.29 is 9.53 Å². The number of ether oxygens (including phenoxy) is 1. The Balaban J connectivity index is 1.95. The average Bonchev–Trinajstić information content (AvgIpc) is 2.81. The predicted octanol–water partition coefficient (Wildman–Crippen LogP) is 1.46. The van der Waals surface area contributed by atoms with Crippen molar-refractivity contribution in [1.29, 1.82) is 0 Å². The summed E-state index contributed by atoms with van der Waals surface area (Å²) in [5.41, 5.74) is 0.968. The summed E-state index contributed by atoms with van der Waals surface area (Å²) in [7, 11) is 1.81. The number of rotatable bonds is 3. The fourth-order valence-electron chi connectivity index (χ4n) is 2.15. The van der Waals surface area contributed by atoms with Gasteiger partial charge in [0.05, 0.1) is 18.8 Å². The van der Waals surface area contributed by atoms with Gasteiger partial charge in [-0.25, -0.2) is 4.79 Å². The van der Waals surface area contributed by atoms with E-state index in [-0.39, 0.29) is 6.03 Å². The molecule has 0 aliphatic carbocycles. The zero-order chi connectivity index (χ0) is 14.4. The number of amides is 2. The summed E-state index contributed by atoms with van der Waals surface area (Å²) in [6.07, 6.45) is 2.13. The normalized spacial score (nSPS) is 18.0. The van der Waals surface area contributed by atoms with Crippen LogP contribution in [0.2, 0.25) is 0 Å². The second-order valence-electron chi connectivity index (χ2n) is 4.73. The van der Waals surface area contributed by atoms with Crippen LogP contribution in [-0.2, 0) is 11.8 Å². The Kier molecular flexibility index (Phi) is 5.02. The smallest absolute Gasteiger partial charge is 0.321 e. The Morgan fingerprint density at radius 3 is 3.20 bits per heavy atom. The number of hydrogen-bond donors (Lipinski definition) is 2.